The van der Waals surface area contributed by atoms with Gasteiger partial charge >= 0.3 is 0 Å². The molecule has 1 saturated heterocycles. The average molecular weight is 163 g/mol. The van der Waals surface area contributed by atoms with Crippen molar-refractivity contribution in [1.29, 1.82) is 0 Å². The number of hydrogen-bond donors (Lipinski definition) is 2. The zero-order valence-electron chi connectivity index (χ0n) is 5.59. The quantitative estimate of drug-likeness (QED) is 0.546. The second kappa shape index (κ2) is 5.10. The van der Waals surface area contributed by atoms with Crippen LogP contribution in [0.3, 0.4) is 0 Å². The van der Waals surface area contributed by atoms with Gasteiger partial charge in [-0.1, -0.05) is 11.8 Å². The molecular formula is C5H9NO3S. The molecule has 0 aromatic rings. The van der Waals surface area contributed by atoms with Crippen LogP contribution in [-0.2, 0) is 4.79 Å². The number of carbonyl (C=O) groups excluding carboxylic acids is 1. The highest BCUT2D eigenvalue weighted by atomic mass is 32.2. The van der Waals surface area contributed by atoms with E-state index >= 15 is 0 Å². The number of hydrogen-bond acceptors (Lipinski definition) is 3. The molecule has 1 heterocycles. The molecule has 0 aliphatic carbocycles. The van der Waals surface area contributed by atoms with Gasteiger partial charge in [0.15, 0.2) is 0 Å². The molecule has 0 spiro atoms. The van der Waals surface area contributed by atoms with Crippen LogP contribution in [0.25, 0.3) is 0 Å². The Labute approximate surface area is 63.0 Å². The number of thioether (sulfide) groups is 1. The monoisotopic (exact) mass is 163 g/mol. The van der Waals surface area contributed by atoms with E-state index < -0.39 is 5.97 Å². The third-order valence-corrected chi connectivity index (χ3v) is 1.42. The van der Waals surface area contributed by atoms with Gasteiger partial charge in [0.05, 0.1) is 0 Å². The maximum atomic E-state index is 10.1. The molecule has 5 heteroatoms. The molecule has 2 N–H and O–H groups in total. The molecule has 10 heavy (non-hydrogen) atoms. The van der Waals surface area contributed by atoms with Gasteiger partial charge in [-0.05, 0) is 0 Å². The zero-order chi connectivity index (χ0) is 7.98. The lowest BCUT2D eigenvalue weighted by atomic mass is 10.8. The van der Waals surface area contributed by atoms with Crippen molar-refractivity contribution in [3.63, 3.8) is 0 Å². The fourth-order valence-corrected chi connectivity index (χ4v) is 0.941. The van der Waals surface area contributed by atoms with Gasteiger partial charge < -0.3 is 10.4 Å². The lowest BCUT2D eigenvalue weighted by Crippen LogP contribution is -2.10. The summed E-state index contributed by atoms with van der Waals surface area (Å²) < 4.78 is 0. The topological polar surface area (TPSA) is 66.4 Å². The van der Waals surface area contributed by atoms with Crippen LogP contribution in [0.15, 0.2) is 0 Å². The molecule has 0 aromatic heterocycles. The van der Waals surface area contributed by atoms with Crippen LogP contribution in [0.1, 0.15) is 6.92 Å². The Morgan fingerprint density at radius 3 is 2.40 bits per heavy atom. The molecule has 0 radical (unpaired) electrons. The molecule has 1 amide bonds. The van der Waals surface area contributed by atoms with E-state index in [0.717, 1.165) is 19.2 Å². The van der Waals surface area contributed by atoms with E-state index in [9.17, 15) is 4.79 Å². The summed E-state index contributed by atoms with van der Waals surface area (Å²) in [4.78, 5) is 19.1. The lowest BCUT2D eigenvalue weighted by molar-refractivity contribution is -0.134. The summed E-state index contributed by atoms with van der Waals surface area (Å²) in [7, 11) is 0. The summed E-state index contributed by atoms with van der Waals surface area (Å²) in [5, 5.41) is 10.2. The molecule has 0 saturated carbocycles. The third kappa shape index (κ3) is 7.29. The summed E-state index contributed by atoms with van der Waals surface area (Å²) in [5.74, 6) is 0.110. The highest BCUT2D eigenvalue weighted by Crippen LogP contribution is 2.04. The van der Waals surface area contributed by atoms with Gasteiger partial charge in [0.2, 0.25) is 0 Å². The third-order valence-electron chi connectivity index (χ3n) is 0.605. The fraction of sp³-hybridized carbons (Fsp3) is 0.600. The Morgan fingerprint density at radius 2 is 2.30 bits per heavy atom. The molecule has 0 bridgehead atoms. The normalized spacial score (nSPS) is 15.1. The van der Waals surface area contributed by atoms with Gasteiger partial charge in [-0.3, -0.25) is 9.59 Å². The van der Waals surface area contributed by atoms with Gasteiger partial charge in [0.25, 0.3) is 11.2 Å². The standard InChI is InChI=1S/C3H5NOS.C2H4O2/c5-3-4-1-2-6-3;1-2(3)4/h1-2H2,(H,4,5);1H3,(H,3,4). The van der Waals surface area contributed by atoms with Crippen molar-refractivity contribution >= 4 is 23.0 Å². The minimum absolute atomic E-state index is 0.120. The van der Waals surface area contributed by atoms with E-state index in [0.29, 0.717) is 0 Å². The predicted molar refractivity (Wildman–Crippen MR) is 39.2 cm³/mol. The number of amides is 1. The van der Waals surface area contributed by atoms with Crippen molar-refractivity contribution in [2.75, 3.05) is 12.3 Å². The second-order valence-electron chi connectivity index (χ2n) is 1.58. The molecule has 0 aromatic carbocycles. The zero-order valence-corrected chi connectivity index (χ0v) is 6.40. The van der Waals surface area contributed by atoms with Crippen LogP contribution in [0.2, 0.25) is 0 Å². The van der Waals surface area contributed by atoms with E-state index in [4.69, 9.17) is 9.90 Å². The van der Waals surface area contributed by atoms with Crippen molar-refractivity contribution in [1.82, 2.24) is 5.32 Å². The molecular weight excluding hydrogens is 154 g/mol. The summed E-state index contributed by atoms with van der Waals surface area (Å²) in [6.07, 6.45) is 0. The number of rotatable bonds is 0. The molecule has 1 aliphatic heterocycles. The summed E-state index contributed by atoms with van der Waals surface area (Å²) >= 11 is 1.35. The molecule has 1 rings (SSSR count). The molecule has 0 unspecified atom stereocenters. The van der Waals surface area contributed by atoms with Crippen LogP contribution in [0.4, 0.5) is 4.79 Å². The first-order valence-electron chi connectivity index (χ1n) is 2.73. The maximum Gasteiger partial charge on any atom is 0.300 e. The average Bonchev–Trinajstić information content (AvgIpc) is 2.15. The van der Waals surface area contributed by atoms with Gasteiger partial charge in [-0.25, -0.2) is 0 Å². The van der Waals surface area contributed by atoms with Crippen LogP contribution in [-0.4, -0.2) is 28.6 Å². The van der Waals surface area contributed by atoms with Crippen LogP contribution in [0.5, 0.6) is 0 Å². The summed E-state index contributed by atoms with van der Waals surface area (Å²) in [5.41, 5.74) is 0. The number of carbonyl (C=O) groups is 2. The minimum atomic E-state index is -0.833. The van der Waals surface area contributed by atoms with E-state index in [1.807, 2.05) is 0 Å². The summed E-state index contributed by atoms with van der Waals surface area (Å²) in [6, 6.07) is 0. The number of carboxylic acid groups (broad SMARTS) is 1. The van der Waals surface area contributed by atoms with Crippen molar-refractivity contribution in [3.05, 3.63) is 0 Å². The lowest BCUT2D eigenvalue weighted by Gasteiger charge is -1.78. The Bertz CT molecular complexity index is 125. The van der Waals surface area contributed by atoms with Crippen molar-refractivity contribution in [2.24, 2.45) is 0 Å². The van der Waals surface area contributed by atoms with Gasteiger partial charge in [-0.15, -0.1) is 0 Å². The highest BCUT2D eigenvalue weighted by Gasteiger charge is 2.06. The Morgan fingerprint density at radius 1 is 1.80 bits per heavy atom. The molecule has 1 fully saturated rings. The summed E-state index contributed by atoms with van der Waals surface area (Å²) in [6.45, 7) is 1.93. The molecule has 1 aliphatic rings. The van der Waals surface area contributed by atoms with Gasteiger partial charge in [0.1, 0.15) is 0 Å². The Hall–Kier alpha value is -0.710. The number of carboxylic acids is 1. The van der Waals surface area contributed by atoms with Crippen LogP contribution in [0, 0.1) is 0 Å². The highest BCUT2D eigenvalue weighted by molar-refractivity contribution is 8.13. The smallest absolute Gasteiger partial charge is 0.300 e. The largest absolute Gasteiger partial charge is 0.481 e. The van der Waals surface area contributed by atoms with Crippen molar-refractivity contribution in [2.45, 2.75) is 6.92 Å². The number of aliphatic carboxylic acids is 1. The first-order chi connectivity index (χ1) is 4.63. The molecule has 0 atom stereocenters. The van der Waals surface area contributed by atoms with Gasteiger partial charge in [-0.2, -0.15) is 0 Å². The van der Waals surface area contributed by atoms with Crippen LogP contribution >= 0.6 is 11.8 Å². The Kier molecular flexibility index (Phi) is 4.74. The molecule has 4 nitrogen and oxygen atoms in total. The maximum absolute atomic E-state index is 10.1. The first kappa shape index (κ1) is 9.29. The predicted octanol–water partition coefficient (Wildman–Crippen LogP) is 0.534. The fourth-order valence-electron chi connectivity index (χ4n) is 0.348. The van der Waals surface area contributed by atoms with Crippen LogP contribution < -0.4 is 5.32 Å². The molecule has 58 valence electrons. The second-order valence-corrected chi connectivity index (χ2v) is 2.65. The van der Waals surface area contributed by atoms with Gasteiger partial charge in [0, 0.05) is 19.2 Å². The van der Waals surface area contributed by atoms with Crippen molar-refractivity contribution < 1.29 is 14.7 Å². The first-order valence-corrected chi connectivity index (χ1v) is 3.71. The van der Waals surface area contributed by atoms with E-state index in [-0.39, 0.29) is 5.24 Å². The minimum Gasteiger partial charge on any atom is -0.481 e. The SMILES string of the molecule is CC(=O)O.O=C1NCCS1. The Balaban J connectivity index is 0.000000180. The van der Waals surface area contributed by atoms with E-state index in [2.05, 4.69) is 5.32 Å². The van der Waals surface area contributed by atoms with E-state index in [1.54, 1.807) is 0 Å². The van der Waals surface area contributed by atoms with E-state index in [1.165, 1.54) is 11.8 Å². The number of nitrogens with one attached hydrogen (secondary N) is 1. The van der Waals surface area contributed by atoms with Crippen molar-refractivity contribution in [3.8, 4) is 0 Å².